The Labute approximate surface area is 113 Å². The number of likely N-dealkylation sites (tertiary alicyclic amines) is 1. The van der Waals surface area contributed by atoms with Crippen molar-refractivity contribution in [3.05, 3.63) is 12.4 Å². The first-order valence-electron chi connectivity index (χ1n) is 6.47. The van der Waals surface area contributed by atoms with Gasteiger partial charge >= 0.3 is 0 Å². The molecule has 1 aliphatic heterocycles. The first-order chi connectivity index (χ1) is 9.13. The monoisotopic (exact) mass is 288 g/mol. The Morgan fingerprint density at radius 2 is 2.37 bits per heavy atom. The molecule has 1 fully saturated rings. The van der Waals surface area contributed by atoms with Gasteiger partial charge in [0.15, 0.2) is 0 Å². The molecule has 0 saturated carbocycles. The van der Waals surface area contributed by atoms with Gasteiger partial charge in [-0.1, -0.05) is 6.42 Å². The summed E-state index contributed by atoms with van der Waals surface area (Å²) in [5.41, 5.74) is 0. The molecule has 1 aromatic rings. The topological polar surface area (TPSA) is 98.3 Å². The van der Waals surface area contributed by atoms with Crippen LogP contribution in [0, 0.1) is 0 Å². The number of hydrogen-bond acceptors (Lipinski definition) is 5. The van der Waals surface area contributed by atoms with Crippen molar-refractivity contribution >= 4 is 10.0 Å². The van der Waals surface area contributed by atoms with Gasteiger partial charge in [0, 0.05) is 25.3 Å². The van der Waals surface area contributed by atoms with Crippen LogP contribution < -0.4 is 4.72 Å². The molecule has 2 rings (SSSR count). The highest BCUT2D eigenvalue weighted by Crippen LogP contribution is 2.15. The number of aliphatic hydroxyl groups excluding tert-OH is 1. The second-order valence-corrected chi connectivity index (χ2v) is 6.47. The van der Waals surface area contributed by atoms with Crippen molar-refractivity contribution in [1.82, 2.24) is 19.8 Å². The number of aliphatic hydroxyl groups is 1. The van der Waals surface area contributed by atoms with Gasteiger partial charge in [0.2, 0.25) is 10.0 Å². The van der Waals surface area contributed by atoms with E-state index >= 15 is 0 Å². The molecule has 8 heteroatoms. The third-order valence-electron chi connectivity index (χ3n) is 3.43. The van der Waals surface area contributed by atoms with E-state index in [0.717, 1.165) is 25.8 Å². The molecule has 1 saturated heterocycles. The minimum absolute atomic E-state index is 0.133. The van der Waals surface area contributed by atoms with E-state index in [1.165, 1.54) is 12.4 Å². The van der Waals surface area contributed by atoms with Crippen LogP contribution in [0.5, 0.6) is 0 Å². The Morgan fingerprint density at radius 3 is 3.05 bits per heavy atom. The van der Waals surface area contributed by atoms with Crippen LogP contribution in [0.4, 0.5) is 0 Å². The van der Waals surface area contributed by atoms with E-state index in [1.54, 1.807) is 0 Å². The zero-order valence-electron chi connectivity index (χ0n) is 10.7. The standard InChI is InChI=1S/C11H20N4O3S/c16-9-10-3-1-2-5-15(10)6-4-14-19(17,18)11-7-12-13-8-11/h7-8,10,14,16H,1-6,9H2,(H,12,13)/t10-/m1/s1. The Balaban J connectivity index is 1.83. The molecule has 0 radical (unpaired) electrons. The van der Waals surface area contributed by atoms with Gasteiger partial charge in [-0.05, 0) is 19.4 Å². The molecule has 0 bridgehead atoms. The minimum Gasteiger partial charge on any atom is -0.395 e. The first kappa shape index (κ1) is 14.4. The van der Waals surface area contributed by atoms with E-state index in [2.05, 4.69) is 19.8 Å². The zero-order chi connectivity index (χ0) is 13.7. The largest absolute Gasteiger partial charge is 0.395 e. The van der Waals surface area contributed by atoms with Crippen molar-refractivity contribution in [2.75, 3.05) is 26.2 Å². The molecule has 1 atom stereocenters. The van der Waals surface area contributed by atoms with Gasteiger partial charge in [-0.3, -0.25) is 10.00 Å². The predicted octanol–water partition coefficient (Wildman–Crippen LogP) is -0.465. The number of H-pyrrole nitrogens is 1. The predicted molar refractivity (Wildman–Crippen MR) is 70.1 cm³/mol. The molecule has 0 aliphatic carbocycles. The van der Waals surface area contributed by atoms with E-state index in [4.69, 9.17) is 0 Å². The Bertz CT molecular complexity index is 474. The minimum atomic E-state index is -3.47. The maximum Gasteiger partial charge on any atom is 0.243 e. The second-order valence-electron chi connectivity index (χ2n) is 4.70. The van der Waals surface area contributed by atoms with Gasteiger partial charge in [0.1, 0.15) is 4.90 Å². The summed E-state index contributed by atoms with van der Waals surface area (Å²) in [6.07, 6.45) is 5.83. The van der Waals surface area contributed by atoms with Crippen molar-refractivity contribution in [2.24, 2.45) is 0 Å². The number of aromatic amines is 1. The lowest BCUT2D eigenvalue weighted by atomic mass is 10.0. The summed E-state index contributed by atoms with van der Waals surface area (Å²) in [6.45, 7) is 2.00. The molecule has 3 N–H and O–H groups in total. The van der Waals surface area contributed by atoms with Gasteiger partial charge in [0.25, 0.3) is 0 Å². The molecule has 1 aromatic heterocycles. The van der Waals surface area contributed by atoms with Crippen LogP contribution in [0.1, 0.15) is 19.3 Å². The molecular formula is C11H20N4O3S. The summed E-state index contributed by atoms with van der Waals surface area (Å²) < 4.78 is 26.2. The lowest BCUT2D eigenvalue weighted by molar-refractivity contribution is 0.0923. The van der Waals surface area contributed by atoms with E-state index in [-0.39, 0.29) is 17.5 Å². The lowest BCUT2D eigenvalue weighted by Gasteiger charge is -2.34. The van der Waals surface area contributed by atoms with Crippen LogP contribution in [0.3, 0.4) is 0 Å². The van der Waals surface area contributed by atoms with Crippen molar-refractivity contribution in [1.29, 1.82) is 0 Å². The highest BCUT2D eigenvalue weighted by atomic mass is 32.2. The molecule has 0 unspecified atom stereocenters. The van der Waals surface area contributed by atoms with Gasteiger partial charge in [-0.25, -0.2) is 13.1 Å². The van der Waals surface area contributed by atoms with E-state index in [0.29, 0.717) is 13.1 Å². The SMILES string of the molecule is O=S(=O)(NCCN1CCCC[C@@H]1CO)c1cn[nH]c1. The fourth-order valence-corrected chi connectivity index (χ4v) is 3.28. The number of nitrogens with one attached hydrogen (secondary N) is 2. The first-order valence-corrected chi connectivity index (χ1v) is 7.95. The van der Waals surface area contributed by atoms with Gasteiger partial charge in [-0.15, -0.1) is 0 Å². The van der Waals surface area contributed by atoms with Crippen molar-refractivity contribution in [2.45, 2.75) is 30.2 Å². The van der Waals surface area contributed by atoms with Crippen molar-refractivity contribution < 1.29 is 13.5 Å². The smallest absolute Gasteiger partial charge is 0.243 e. The summed E-state index contributed by atoms with van der Waals surface area (Å²) in [5.74, 6) is 0. The number of aromatic nitrogens is 2. The molecule has 1 aliphatic rings. The average Bonchev–Trinajstić information content (AvgIpc) is 2.94. The lowest BCUT2D eigenvalue weighted by Crippen LogP contribution is -2.45. The Morgan fingerprint density at radius 1 is 1.53 bits per heavy atom. The summed E-state index contributed by atoms with van der Waals surface area (Å²) in [6, 6.07) is 0.159. The molecule has 2 heterocycles. The highest BCUT2D eigenvalue weighted by molar-refractivity contribution is 7.89. The number of sulfonamides is 1. The molecule has 0 amide bonds. The maximum absolute atomic E-state index is 11.8. The fourth-order valence-electron chi connectivity index (χ4n) is 2.35. The van der Waals surface area contributed by atoms with Gasteiger partial charge < -0.3 is 5.11 Å². The van der Waals surface area contributed by atoms with Gasteiger partial charge in [-0.2, -0.15) is 5.10 Å². The third kappa shape index (κ3) is 3.75. The average molecular weight is 288 g/mol. The van der Waals surface area contributed by atoms with Crippen molar-refractivity contribution in [3.63, 3.8) is 0 Å². The molecule has 0 aromatic carbocycles. The number of rotatable bonds is 6. The summed E-state index contributed by atoms with van der Waals surface area (Å²) in [4.78, 5) is 2.28. The molecule has 19 heavy (non-hydrogen) atoms. The van der Waals surface area contributed by atoms with Crippen LogP contribution in [-0.4, -0.2) is 60.9 Å². The molecule has 7 nitrogen and oxygen atoms in total. The Kier molecular flexibility index (Phi) is 4.92. The number of hydrogen-bond donors (Lipinski definition) is 3. The van der Waals surface area contributed by atoms with Crippen LogP contribution in [0.15, 0.2) is 17.3 Å². The maximum atomic E-state index is 11.8. The summed E-state index contributed by atoms with van der Waals surface area (Å²) in [7, 11) is -3.47. The highest BCUT2D eigenvalue weighted by Gasteiger charge is 2.22. The van der Waals surface area contributed by atoms with Crippen LogP contribution in [0.2, 0.25) is 0 Å². The quantitative estimate of drug-likeness (QED) is 0.657. The number of nitrogens with zero attached hydrogens (tertiary/aromatic N) is 2. The molecular weight excluding hydrogens is 268 g/mol. The van der Waals surface area contributed by atoms with Crippen LogP contribution in [-0.2, 0) is 10.0 Å². The summed E-state index contributed by atoms with van der Waals surface area (Å²) in [5, 5.41) is 15.4. The molecule has 0 spiro atoms. The Hall–Kier alpha value is -0.960. The third-order valence-corrected chi connectivity index (χ3v) is 4.86. The molecule has 108 valence electrons. The normalized spacial score (nSPS) is 21.6. The van der Waals surface area contributed by atoms with Crippen LogP contribution in [0.25, 0.3) is 0 Å². The van der Waals surface area contributed by atoms with Crippen molar-refractivity contribution in [3.8, 4) is 0 Å². The van der Waals surface area contributed by atoms with Crippen LogP contribution >= 0.6 is 0 Å². The number of piperidine rings is 1. The zero-order valence-corrected chi connectivity index (χ0v) is 11.6. The van der Waals surface area contributed by atoms with E-state index in [1.807, 2.05) is 0 Å². The van der Waals surface area contributed by atoms with E-state index < -0.39 is 10.0 Å². The van der Waals surface area contributed by atoms with E-state index in [9.17, 15) is 13.5 Å². The second kappa shape index (κ2) is 6.47. The fraction of sp³-hybridized carbons (Fsp3) is 0.727. The van der Waals surface area contributed by atoms with Gasteiger partial charge in [0.05, 0.1) is 12.8 Å². The summed E-state index contributed by atoms with van der Waals surface area (Å²) >= 11 is 0.